The van der Waals surface area contributed by atoms with Gasteiger partial charge in [0.25, 0.3) is 5.91 Å². The summed E-state index contributed by atoms with van der Waals surface area (Å²) >= 11 is 11.7. The molecule has 0 spiro atoms. The topological polar surface area (TPSA) is 95.5 Å². The Labute approximate surface area is 144 Å². The van der Waals surface area contributed by atoms with Crippen LogP contribution in [0.1, 0.15) is 30.6 Å². The molecule has 1 aromatic carbocycles. The zero-order valence-electron chi connectivity index (χ0n) is 12.7. The van der Waals surface area contributed by atoms with E-state index in [-0.39, 0.29) is 29.5 Å². The number of rotatable bonds is 7. The summed E-state index contributed by atoms with van der Waals surface area (Å²) < 4.78 is 0. The number of aliphatic carboxylic acids is 1. The third-order valence-corrected chi connectivity index (χ3v) is 3.69. The van der Waals surface area contributed by atoms with E-state index in [2.05, 4.69) is 10.6 Å². The highest BCUT2D eigenvalue weighted by molar-refractivity contribution is 6.35. The summed E-state index contributed by atoms with van der Waals surface area (Å²) in [6, 6.07) is 3.93. The number of halogens is 2. The van der Waals surface area contributed by atoms with Crippen molar-refractivity contribution in [2.24, 2.45) is 5.92 Å². The van der Waals surface area contributed by atoms with Crippen LogP contribution in [0, 0.1) is 5.92 Å². The molecule has 0 unspecified atom stereocenters. The van der Waals surface area contributed by atoms with E-state index in [1.54, 1.807) is 19.9 Å². The molecule has 0 aliphatic heterocycles. The Morgan fingerprint density at radius 2 is 1.87 bits per heavy atom. The van der Waals surface area contributed by atoms with Crippen LogP contribution in [0.3, 0.4) is 0 Å². The van der Waals surface area contributed by atoms with Gasteiger partial charge in [-0.25, -0.2) is 0 Å². The number of hydrogen-bond donors (Lipinski definition) is 3. The lowest BCUT2D eigenvalue weighted by molar-refractivity contribution is -0.138. The molecule has 0 aliphatic rings. The summed E-state index contributed by atoms with van der Waals surface area (Å²) in [4.78, 5) is 34.6. The minimum Gasteiger partial charge on any atom is -0.481 e. The standard InChI is InChI=1S/C15H18Cl2N2O4/c1-8(2)12(6-14(21)22)19-13(20)7-18-15(23)10-5-9(16)3-4-11(10)17/h3-5,8,12H,6-7H2,1-2H3,(H,18,23)(H,19,20)(H,21,22)/t12-/m0/s1. The van der Waals surface area contributed by atoms with Crippen molar-refractivity contribution in [1.29, 1.82) is 0 Å². The van der Waals surface area contributed by atoms with E-state index < -0.39 is 23.8 Å². The molecule has 0 aliphatic carbocycles. The quantitative estimate of drug-likeness (QED) is 0.695. The van der Waals surface area contributed by atoms with Crippen LogP contribution in [-0.4, -0.2) is 35.5 Å². The van der Waals surface area contributed by atoms with Crippen molar-refractivity contribution in [3.05, 3.63) is 33.8 Å². The van der Waals surface area contributed by atoms with Crippen LogP contribution in [0.25, 0.3) is 0 Å². The molecule has 3 N–H and O–H groups in total. The van der Waals surface area contributed by atoms with Gasteiger partial charge in [-0.3, -0.25) is 14.4 Å². The van der Waals surface area contributed by atoms with Gasteiger partial charge >= 0.3 is 5.97 Å². The van der Waals surface area contributed by atoms with E-state index in [0.29, 0.717) is 5.02 Å². The lowest BCUT2D eigenvalue weighted by Gasteiger charge is -2.20. The fourth-order valence-electron chi connectivity index (χ4n) is 1.83. The highest BCUT2D eigenvalue weighted by Gasteiger charge is 2.20. The van der Waals surface area contributed by atoms with E-state index >= 15 is 0 Å². The summed E-state index contributed by atoms with van der Waals surface area (Å²) in [5.74, 6) is -2.06. The van der Waals surface area contributed by atoms with Crippen LogP contribution >= 0.6 is 23.2 Å². The molecule has 6 nitrogen and oxygen atoms in total. The van der Waals surface area contributed by atoms with Crippen LogP contribution in [0.2, 0.25) is 10.0 Å². The van der Waals surface area contributed by atoms with Gasteiger partial charge in [0, 0.05) is 11.1 Å². The predicted molar refractivity (Wildman–Crippen MR) is 87.8 cm³/mol. The van der Waals surface area contributed by atoms with Crippen LogP contribution in [0.5, 0.6) is 0 Å². The summed E-state index contributed by atoms with van der Waals surface area (Å²) in [6.07, 6.45) is -0.183. The van der Waals surface area contributed by atoms with E-state index in [0.717, 1.165) is 0 Å². The average molecular weight is 361 g/mol. The Kier molecular flexibility index (Phi) is 7.32. The maximum Gasteiger partial charge on any atom is 0.305 e. The van der Waals surface area contributed by atoms with E-state index in [9.17, 15) is 14.4 Å². The van der Waals surface area contributed by atoms with Gasteiger partial charge in [0.1, 0.15) is 0 Å². The number of carbonyl (C=O) groups is 3. The van der Waals surface area contributed by atoms with Crippen LogP contribution in [0.4, 0.5) is 0 Å². The molecule has 1 atom stereocenters. The van der Waals surface area contributed by atoms with Gasteiger partial charge < -0.3 is 15.7 Å². The fourth-order valence-corrected chi connectivity index (χ4v) is 2.20. The second-order valence-corrected chi connectivity index (χ2v) is 6.17. The van der Waals surface area contributed by atoms with Gasteiger partial charge in [0.2, 0.25) is 5.91 Å². The molecular weight excluding hydrogens is 343 g/mol. The van der Waals surface area contributed by atoms with Crippen molar-refractivity contribution < 1.29 is 19.5 Å². The lowest BCUT2D eigenvalue weighted by Crippen LogP contribution is -2.45. The van der Waals surface area contributed by atoms with Gasteiger partial charge in [-0.2, -0.15) is 0 Å². The molecule has 1 aromatic rings. The fraction of sp³-hybridized carbons (Fsp3) is 0.400. The maximum absolute atomic E-state index is 12.0. The van der Waals surface area contributed by atoms with Crippen molar-refractivity contribution in [2.45, 2.75) is 26.3 Å². The third-order valence-electron chi connectivity index (χ3n) is 3.13. The molecule has 0 heterocycles. The van der Waals surface area contributed by atoms with E-state index in [1.165, 1.54) is 12.1 Å². The number of carboxylic acids is 1. The first-order chi connectivity index (χ1) is 10.7. The van der Waals surface area contributed by atoms with E-state index in [4.69, 9.17) is 28.3 Å². The number of carboxylic acid groups (broad SMARTS) is 1. The number of nitrogens with one attached hydrogen (secondary N) is 2. The average Bonchev–Trinajstić information content (AvgIpc) is 2.46. The highest BCUT2D eigenvalue weighted by Crippen LogP contribution is 2.20. The van der Waals surface area contributed by atoms with Crippen molar-refractivity contribution in [1.82, 2.24) is 10.6 Å². The Hall–Kier alpha value is -1.79. The molecule has 0 saturated carbocycles. The Morgan fingerprint density at radius 1 is 1.22 bits per heavy atom. The van der Waals surface area contributed by atoms with Gasteiger partial charge in [-0.05, 0) is 24.1 Å². The molecular formula is C15H18Cl2N2O4. The molecule has 126 valence electrons. The SMILES string of the molecule is CC(C)[C@H](CC(=O)O)NC(=O)CNC(=O)c1cc(Cl)ccc1Cl. The molecule has 0 saturated heterocycles. The molecule has 0 radical (unpaired) electrons. The zero-order valence-corrected chi connectivity index (χ0v) is 14.2. The smallest absolute Gasteiger partial charge is 0.305 e. The zero-order chi connectivity index (χ0) is 17.6. The minimum atomic E-state index is -1.00. The normalized spacial score (nSPS) is 11.9. The number of amides is 2. The minimum absolute atomic E-state index is 0.0480. The first kappa shape index (κ1) is 19.3. The molecule has 2 amide bonds. The molecule has 8 heteroatoms. The van der Waals surface area contributed by atoms with E-state index in [1.807, 2.05) is 0 Å². The Bertz CT molecular complexity index is 605. The van der Waals surface area contributed by atoms with Crippen molar-refractivity contribution >= 4 is 41.0 Å². The first-order valence-electron chi connectivity index (χ1n) is 6.95. The Morgan fingerprint density at radius 3 is 2.43 bits per heavy atom. The van der Waals surface area contributed by atoms with Crippen molar-refractivity contribution in [3.8, 4) is 0 Å². The second kappa shape index (κ2) is 8.74. The van der Waals surface area contributed by atoms with Gasteiger partial charge in [-0.15, -0.1) is 0 Å². The lowest BCUT2D eigenvalue weighted by atomic mass is 10.0. The monoisotopic (exact) mass is 360 g/mol. The van der Waals surface area contributed by atoms with Crippen LogP contribution in [-0.2, 0) is 9.59 Å². The largest absolute Gasteiger partial charge is 0.481 e. The van der Waals surface area contributed by atoms with Gasteiger partial charge in [0.05, 0.1) is 23.6 Å². The van der Waals surface area contributed by atoms with Crippen molar-refractivity contribution in [3.63, 3.8) is 0 Å². The van der Waals surface area contributed by atoms with Crippen LogP contribution in [0.15, 0.2) is 18.2 Å². The Balaban J connectivity index is 2.59. The van der Waals surface area contributed by atoms with Crippen molar-refractivity contribution in [2.75, 3.05) is 6.54 Å². The molecule has 0 bridgehead atoms. The summed E-state index contributed by atoms with van der Waals surface area (Å²) in [5, 5.41) is 14.4. The molecule has 0 aromatic heterocycles. The first-order valence-corrected chi connectivity index (χ1v) is 7.70. The molecule has 1 rings (SSSR count). The second-order valence-electron chi connectivity index (χ2n) is 5.32. The predicted octanol–water partition coefficient (Wildman–Crippen LogP) is 2.34. The summed E-state index contributed by atoms with van der Waals surface area (Å²) in [5.41, 5.74) is 0.165. The van der Waals surface area contributed by atoms with Crippen LogP contribution < -0.4 is 10.6 Å². The number of carbonyl (C=O) groups excluding carboxylic acids is 2. The number of hydrogen-bond acceptors (Lipinski definition) is 3. The maximum atomic E-state index is 12.0. The summed E-state index contributed by atoms with van der Waals surface area (Å²) in [7, 11) is 0. The highest BCUT2D eigenvalue weighted by atomic mass is 35.5. The molecule has 0 fully saturated rings. The summed E-state index contributed by atoms with van der Waals surface area (Å²) in [6.45, 7) is 3.32. The number of benzene rings is 1. The third kappa shape index (κ3) is 6.46. The van der Waals surface area contributed by atoms with Gasteiger partial charge in [0.15, 0.2) is 0 Å². The molecule has 23 heavy (non-hydrogen) atoms. The van der Waals surface area contributed by atoms with Gasteiger partial charge in [-0.1, -0.05) is 37.0 Å².